The molecule has 0 spiro atoms. The summed E-state index contributed by atoms with van der Waals surface area (Å²) in [6.07, 6.45) is 6.09. The van der Waals surface area contributed by atoms with Gasteiger partial charge in [0.15, 0.2) is 0 Å². The summed E-state index contributed by atoms with van der Waals surface area (Å²) in [5, 5.41) is 8.04. The van der Waals surface area contributed by atoms with Crippen LogP contribution in [0.4, 0.5) is 5.82 Å². The minimum atomic E-state index is 0.547. The Kier molecular flexibility index (Phi) is 3.86. The molecule has 6 heteroatoms. The smallest absolute Gasteiger partial charge is 0.130 e. The Morgan fingerprint density at radius 3 is 2.78 bits per heavy atom. The molecule has 0 saturated heterocycles. The van der Waals surface area contributed by atoms with Crippen LogP contribution in [-0.2, 0) is 13.0 Å². The molecule has 0 saturated carbocycles. The highest BCUT2D eigenvalue weighted by atomic mass is 15.4. The Morgan fingerprint density at radius 2 is 2.06 bits per heavy atom. The predicted octanol–water partition coefficient (Wildman–Crippen LogP) is 1.68. The normalized spacial score (nSPS) is 10.8. The van der Waals surface area contributed by atoms with Crippen LogP contribution in [0.5, 0.6) is 0 Å². The zero-order valence-corrected chi connectivity index (χ0v) is 10.8. The van der Waals surface area contributed by atoms with Crippen molar-refractivity contribution in [3.8, 4) is 11.4 Å². The Morgan fingerprint density at radius 1 is 1.22 bits per heavy atom. The topological polar surface area (TPSA) is 82.5 Å². The molecule has 0 amide bonds. The molecule has 0 fully saturated rings. The molecule has 0 aromatic carbocycles. The summed E-state index contributed by atoms with van der Waals surface area (Å²) in [5.41, 5.74) is 8.68. The van der Waals surface area contributed by atoms with E-state index in [1.54, 1.807) is 6.20 Å². The summed E-state index contributed by atoms with van der Waals surface area (Å²) in [5.74, 6) is 0.547. The fraction of sp³-hybridized carbons (Fsp3) is 0.500. The van der Waals surface area contributed by atoms with Crippen molar-refractivity contribution < 1.29 is 0 Å². The first-order chi connectivity index (χ1) is 8.77. The maximum Gasteiger partial charge on any atom is 0.130 e. The van der Waals surface area contributed by atoms with E-state index in [2.05, 4.69) is 34.1 Å². The lowest BCUT2D eigenvalue weighted by molar-refractivity contribution is 0.583. The third kappa shape index (κ3) is 2.32. The van der Waals surface area contributed by atoms with Gasteiger partial charge in [-0.15, -0.1) is 5.10 Å². The van der Waals surface area contributed by atoms with Gasteiger partial charge in [0.1, 0.15) is 17.8 Å². The number of aromatic nitrogens is 5. The number of nitrogens with two attached hydrogens (primary N) is 1. The Hall–Kier alpha value is -1.98. The van der Waals surface area contributed by atoms with Gasteiger partial charge in [0, 0.05) is 12.1 Å². The summed E-state index contributed by atoms with van der Waals surface area (Å²) in [6, 6.07) is 0. The lowest BCUT2D eigenvalue weighted by Gasteiger charge is -2.10. The van der Waals surface area contributed by atoms with Gasteiger partial charge in [-0.05, 0) is 12.8 Å². The molecule has 0 radical (unpaired) electrons. The molecule has 0 unspecified atom stereocenters. The molecule has 0 atom stereocenters. The van der Waals surface area contributed by atoms with Gasteiger partial charge in [0.25, 0.3) is 0 Å². The molecule has 2 N–H and O–H groups in total. The van der Waals surface area contributed by atoms with E-state index in [9.17, 15) is 0 Å². The second-order valence-electron chi connectivity index (χ2n) is 4.18. The summed E-state index contributed by atoms with van der Waals surface area (Å²) < 4.78 is 1.86. The minimum Gasteiger partial charge on any atom is -0.383 e. The van der Waals surface area contributed by atoms with Gasteiger partial charge in [-0.2, -0.15) is 0 Å². The van der Waals surface area contributed by atoms with Gasteiger partial charge in [-0.1, -0.05) is 25.5 Å². The molecular weight excluding hydrogens is 228 g/mol. The molecule has 2 heterocycles. The van der Waals surface area contributed by atoms with E-state index in [0.717, 1.165) is 42.8 Å². The lowest BCUT2D eigenvalue weighted by atomic mass is 10.1. The molecule has 2 rings (SSSR count). The van der Waals surface area contributed by atoms with Crippen LogP contribution in [0, 0.1) is 0 Å². The van der Waals surface area contributed by atoms with Gasteiger partial charge < -0.3 is 5.73 Å². The average molecular weight is 246 g/mol. The van der Waals surface area contributed by atoms with Crippen molar-refractivity contribution in [1.82, 2.24) is 25.0 Å². The molecular formula is C12H18N6. The van der Waals surface area contributed by atoms with Crippen LogP contribution in [0.3, 0.4) is 0 Å². The second-order valence-corrected chi connectivity index (χ2v) is 4.18. The van der Waals surface area contributed by atoms with Gasteiger partial charge in [-0.3, -0.25) is 0 Å². The van der Waals surface area contributed by atoms with Gasteiger partial charge in [0.2, 0.25) is 0 Å². The van der Waals surface area contributed by atoms with Crippen molar-refractivity contribution in [2.24, 2.45) is 0 Å². The lowest BCUT2D eigenvalue weighted by Crippen LogP contribution is -2.07. The highest BCUT2D eigenvalue weighted by Crippen LogP contribution is 2.24. The zero-order chi connectivity index (χ0) is 13.0. The fourth-order valence-electron chi connectivity index (χ4n) is 1.96. The number of nitrogen functional groups attached to an aromatic ring is 1. The van der Waals surface area contributed by atoms with Crippen molar-refractivity contribution >= 4 is 5.82 Å². The Bertz CT molecular complexity index is 519. The molecule has 0 aliphatic rings. The fourth-order valence-corrected chi connectivity index (χ4v) is 1.96. The third-order valence-electron chi connectivity index (χ3n) is 2.77. The quantitative estimate of drug-likeness (QED) is 0.867. The number of nitrogens with zero attached hydrogens (tertiary/aromatic N) is 5. The van der Waals surface area contributed by atoms with Crippen molar-refractivity contribution in [3.05, 3.63) is 18.1 Å². The van der Waals surface area contributed by atoms with E-state index in [4.69, 9.17) is 5.73 Å². The van der Waals surface area contributed by atoms with E-state index in [1.165, 1.54) is 6.33 Å². The first-order valence-electron chi connectivity index (χ1n) is 6.26. The van der Waals surface area contributed by atoms with Crippen molar-refractivity contribution in [2.75, 3.05) is 5.73 Å². The molecule has 96 valence electrons. The zero-order valence-electron chi connectivity index (χ0n) is 10.8. The first kappa shape index (κ1) is 12.5. The van der Waals surface area contributed by atoms with Crippen LogP contribution in [0.15, 0.2) is 12.5 Å². The maximum atomic E-state index is 5.94. The van der Waals surface area contributed by atoms with Crippen LogP contribution < -0.4 is 5.73 Å². The molecule has 0 bridgehead atoms. The number of anilines is 1. The second kappa shape index (κ2) is 5.57. The molecule has 2 aromatic heterocycles. The van der Waals surface area contributed by atoms with Crippen LogP contribution in [0.2, 0.25) is 0 Å². The summed E-state index contributed by atoms with van der Waals surface area (Å²) >= 11 is 0. The first-order valence-corrected chi connectivity index (χ1v) is 6.26. The van der Waals surface area contributed by atoms with Crippen molar-refractivity contribution in [2.45, 2.75) is 39.7 Å². The Balaban J connectivity index is 2.49. The van der Waals surface area contributed by atoms with Crippen molar-refractivity contribution in [3.63, 3.8) is 0 Å². The number of aryl methyl sites for hydroxylation is 1. The summed E-state index contributed by atoms with van der Waals surface area (Å²) in [7, 11) is 0. The monoisotopic (exact) mass is 246 g/mol. The molecule has 2 aromatic rings. The van der Waals surface area contributed by atoms with E-state index in [0.29, 0.717) is 5.82 Å². The molecule has 0 aliphatic heterocycles. The van der Waals surface area contributed by atoms with Crippen LogP contribution in [0.1, 0.15) is 32.3 Å². The van der Waals surface area contributed by atoms with E-state index < -0.39 is 0 Å². The Labute approximate surface area is 106 Å². The highest BCUT2D eigenvalue weighted by Gasteiger charge is 2.14. The molecule has 0 aliphatic carbocycles. The van der Waals surface area contributed by atoms with Crippen LogP contribution >= 0.6 is 0 Å². The number of hydrogen-bond donors (Lipinski definition) is 1. The molecule has 6 nitrogen and oxygen atoms in total. The third-order valence-corrected chi connectivity index (χ3v) is 2.77. The predicted molar refractivity (Wildman–Crippen MR) is 69.7 cm³/mol. The number of hydrogen-bond acceptors (Lipinski definition) is 5. The highest BCUT2D eigenvalue weighted by molar-refractivity contribution is 5.63. The maximum absolute atomic E-state index is 5.94. The van der Waals surface area contributed by atoms with Gasteiger partial charge >= 0.3 is 0 Å². The standard InChI is InChI=1S/C12H18N6/c1-3-5-9-11(14-8-15-12(9)13)10-7-16-17-18(10)6-4-2/h7-8H,3-6H2,1-2H3,(H2,13,14,15). The van der Waals surface area contributed by atoms with Crippen LogP contribution in [-0.4, -0.2) is 25.0 Å². The molecule has 18 heavy (non-hydrogen) atoms. The summed E-state index contributed by atoms with van der Waals surface area (Å²) in [4.78, 5) is 8.41. The van der Waals surface area contributed by atoms with Crippen molar-refractivity contribution in [1.29, 1.82) is 0 Å². The van der Waals surface area contributed by atoms with Crippen LogP contribution in [0.25, 0.3) is 11.4 Å². The van der Waals surface area contributed by atoms with E-state index in [1.807, 2.05) is 4.68 Å². The number of rotatable bonds is 5. The summed E-state index contributed by atoms with van der Waals surface area (Å²) in [6.45, 7) is 5.04. The van der Waals surface area contributed by atoms with Gasteiger partial charge in [0.05, 0.1) is 11.9 Å². The largest absolute Gasteiger partial charge is 0.383 e. The van der Waals surface area contributed by atoms with Gasteiger partial charge in [-0.25, -0.2) is 14.6 Å². The average Bonchev–Trinajstić information content (AvgIpc) is 2.81. The SMILES string of the molecule is CCCc1c(N)ncnc1-c1cnnn1CCC. The minimum absolute atomic E-state index is 0.547. The van der Waals surface area contributed by atoms with E-state index in [-0.39, 0.29) is 0 Å². The van der Waals surface area contributed by atoms with E-state index >= 15 is 0 Å².